The summed E-state index contributed by atoms with van der Waals surface area (Å²) in [4.78, 5) is 27.9. The molecule has 13 rings (SSSR count). The van der Waals surface area contributed by atoms with E-state index >= 15 is 0 Å². The van der Waals surface area contributed by atoms with E-state index in [4.69, 9.17) is 0 Å². The molecule has 6 aromatic heterocycles. The summed E-state index contributed by atoms with van der Waals surface area (Å²) in [6.07, 6.45) is 38.1. The molecule has 426 valence electrons. The van der Waals surface area contributed by atoms with Gasteiger partial charge in [0.2, 0.25) is 0 Å². The molecule has 0 N–H and O–H groups in total. The standard InChI is InChI=1S/C84H60N6/c1-7-55-85-79(13-1)67-37-19-61(20-38-67)31-49-73-74(50-32-62-21-39-68(40-22-62)80-14-2-8-56-86-80)76(52-34-64-25-43-70(44-26-64)82-16-4-10-58-88-82)78(54-36-66-29-47-72(48-30-66)84-18-6-12-60-90-84)77(53-35-65-27-45-71(46-28-65)83-17-5-11-59-89-83)75(73)51-33-63-23-41-69(42-24-63)81-15-3-9-57-87-81/h1-60H/b49-31-,50-32-,51-33-,52-34?,53-35?,54-36?. The van der Waals surface area contributed by atoms with Gasteiger partial charge < -0.3 is 0 Å². The lowest BCUT2D eigenvalue weighted by molar-refractivity contribution is 1.33. The van der Waals surface area contributed by atoms with Crippen LogP contribution in [0.2, 0.25) is 0 Å². The monoisotopic (exact) mass is 1150 g/mol. The Labute approximate surface area is 526 Å². The number of hydrogen-bond donors (Lipinski definition) is 0. The minimum absolute atomic E-state index is 0.924. The first kappa shape index (κ1) is 57.0. The predicted molar refractivity (Wildman–Crippen MR) is 378 cm³/mol. The van der Waals surface area contributed by atoms with Crippen LogP contribution in [0.3, 0.4) is 0 Å². The molecule has 0 spiro atoms. The summed E-state index contributed by atoms with van der Waals surface area (Å²) >= 11 is 0. The average Bonchev–Trinajstić information content (AvgIpc) is 0.973. The average molecular weight is 1150 g/mol. The smallest absolute Gasteiger partial charge is 0.0701 e. The molecule has 0 radical (unpaired) electrons. The van der Waals surface area contributed by atoms with Gasteiger partial charge in [0.1, 0.15) is 0 Å². The van der Waals surface area contributed by atoms with Gasteiger partial charge in [0.15, 0.2) is 0 Å². The van der Waals surface area contributed by atoms with Crippen molar-refractivity contribution in [3.05, 3.63) is 359 Å². The maximum absolute atomic E-state index is 4.65. The fourth-order valence-electron chi connectivity index (χ4n) is 10.8. The maximum Gasteiger partial charge on any atom is 0.0701 e. The van der Waals surface area contributed by atoms with Gasteiger partial charge in [-0.25, -0.2) is 0 Å². The Balaban J connectivity index is 1.05. The molecule has 6 heteroatoms. The second-order valence-corrected chi connectivity index (χ2v) is 21.5. The molecule has 0 saturated heterocycles. The first-order chi connectivity index (χ1) is 44.6. The lowest BCUT2D eigenvalue weighted by Gasteiger charge is -2.20. The van der Waals surface area contributed by atoms with Crippen molar-refractivity contribution in [2.45, 2.75) is 0 Å². The Bertz CT molecular complexity index is 3870. The van der Waals surface area contributed by atoms with E-state index < -0.39 is 0 Å². The van der Waals surface area contributed by atoms with E-state index in [9.17, 15) is 0 Å². The fourth-order valence-corrected chi connectivity index (χ4v) is 10.8. The van der Waals surface area contributed by atoms with Gasteiger partial charge in [0, 0.05) is 70.6 Å². The highest BCUT2D eigenvalue weighted by atomic mass is 14.7. The summed E-state index contributed by atoms with van der Waals surface area (Å²) in [5, 5.41) is 0. The number of nitrogens with zero attached hydrogens (tertiary/aromatic N) is 6. The van der Waals surface area contributed by atoms with Crippen LogP contribution in [0.15, 0.2) is 292 Å². The van der Waals surface area contributed by atoms with E-state index in [2.05, 4.69) is 248 Å². The molecule has 7 aromatic carbocycles. The third kappa shape index (κ3) is 14.1. The van der Waals surface area contributed by atoms with Crippen LogP contribution in [0.4, 0.5) is 0 Å². The van der Waals surface area contributed by atoms with E-state index in [0.717, 1.165) is 134 Å². The summed E-state index contributed by atoms with van der Waals surface area (Å²) in [7, 11) is 0. The van der Waals surface area contributed by atoms with Crippen molar-refractivity contribution >= 4 is 72.9 Å². The van der Waals surface area contributed by atoms with Crippen LogP contribution in [0.25, 0.3) is 140 Å². The van der Waals surface area contributed by atoms with Crippen molar-refractivity contribution in [1.82, 2.24) is 29.9 Å². The zero-order valence-electron chi connectivity index (χ0n) is 49.3. The highest BCUT2D eigenvalue weighted by molar-refractivity contribution is 5.99. The van der Waals surface area contributed by atoms with Crippen molar-refractivity contribution in [3.63, 3.8) is 0 Å². The third-order valence-corrected chi connectivity index (χ3v) is 15.6. The molecule has 0 aliphatic heterocycles. The summed E-state index contributed by atoms with van der Waals surface area (Å²) in [6.45, 7) is 0. The van der Waals surface area contributed by atoms with Gasteiger partial charge in [-0.1, -0.05) is 255 Å². The molecule has 0 aliphatic carbocycles. The first-order valence-corrected chi connectivity index (χ1v) is 30.0. The van der Waals surface area contributed by atoms with E-state index in [1.807, 2.05) is 146 Å². The minimum Gasteiger partial charge on any atom is -0.256 e. The molecule has 0 amide bonds. The van der Waals surface area contributed by atoms with E-state index in [1.54, 1.807) is 0 Å². The Morgan fingerprint density at radius 3 is 0.411 bits per heavy atom. The summed E-state index contributed by atoms with van der Waals surface area (Å²) < 4.78 is 0. The topological polar surface area (TPSA) is 77.3 Å². The van der Waals surface area contributed by atoms with E-state index in [-0.39, 0.29) is 0 Å². The van der Waals surface area contributed by atoms with Crippen molar-refractivity contribution in [2.24, 2.45) is 0 Å². The predicted octanol–water partition coefficient (Wildman–Crippen LogP) is 21.1. The van der Waals surface area contributed by atoms with E-state index in [1.165, 1.54) is 0 Å². The van der Waals surface area contributed by atoms with Crippen molar-refractivity contribution in [1.29, 1.82) is 0 Å². The van der Waals surface area contributed by atoms with Crippen molar-refractivity contribution in [2.75, 3.05) is 0 Å². The van der Waals surface area contributed by atoms with Crippen LogP contribution in [0.1, 0.15) is 66.8 Å². The number of benzene rings is 7. The van der Waals surface area contributed by atoms with Crippen LogP contribution in [-0.2, 0) is 0 Å². The quantitative estimate of drug-likeness (QED) is 0.0797. The Hall–Kier alpha value is -12.1. The number of hydrogen-bond acceptors (Lipinski definition) is 6. The first-order valence-electron chi connectivity index (χ1n) is 30.0. The molecule has 0 aliphatic rings. The molecule has 0 atom stereocenters. The molecular formula is C84H60N6. The molecule has 6 heterocycles. The lowest BCUT2D eigenvalue weighted by atomic mass is 9.83. The second kappa shape index (κ2) is 27.9. The zero-order valence-corrected chi connectivity index (χ0v) is 49.3. The van der Waals surface area contributed by atoms with Crippen LogP contribution >= 0.6 is 0 Å². The largest absolute Gasteiger partial charge is 0.256 e. The lowest BCUT2D eigenvalue weighted by Crippen LogP contribution is -2.01. The van der Waals surface area contributed by atoms with Gasteiger partial charge in [-0.15, -0.1) is 0 Å². The number of pyridine rings is 6. The summed E-state index contributed by atoms with van der Waals surface area (Å²) in [5.41, 5.74) is 24.3. The van der Waals surface area contributed by atoms with Gasteiger partial charge in [0.05, 0.1) is 34.2 Å². The highest BCUT2D eigenvalue weighted by Crippen LogP contribution is 2.38. The molecule has 0 unspecified atom stereocenters. The normalized spacial score (nSPS) is 11.7. The molecule has 0 fully saturated rings. The summed E-state index contributed by atoms with van der Waals surface area (Å²) in [6, 6.07) is 87.8. The van der Waals surface area contributed by atoms with Crippen LogP contribution in [0, 0.1) is 0 Å². The maximum atomic E-state index is 4.65. The molecule has 90 heavy (non-hydrogen) atoms. The number of aromatic nitrogens is 6. The third-order valence-electron chi connectivity index (χ3n) is 15.6. The molecule has 13 aromatic rings. The minimum atomic E-state index is 0.924. The van der Waals surface area contributed by atoms with Gasteiger partial charge >= 0.3 is 0 Å². The van der Waals surface area contributed by atoms with Crippen LogP contribution in [-0.4, -0.2) is 29.9 Å². The molecule has 0 bridgehead atoms. The van der Waals surface area contributed by atoms with Gasteiger partial charge in [-0.05, 0) is 140 Å². The van der Waals surface area contributed by atoms with Crippen molar-refractivity contribution < 1.29 is 0 Å². The molecule has 6 nitrogen and oxygen atoms in total. The van der Waals surface area contributed by atoms with Gasteiger partial charge in [-0.3, -0.25) is 29.9 Å². The molecule has 0 saturated carbocycles. The second-order valence-electron chi connectivity index (χ2n) is 21.5. The van der Waals surface area contributed by atoms with Gasteiger partial charge in [0.25, 0.3) is 0 Å². The van der Waals surface area contributed by atoms with E-state index in [0.29, 0.717) is 0 Å². The Kier molecular flexibility index (Phi) is 17.7. The van der Waals surface area contributed by atoms with Crippen LogP contribution in [0.5, 0.6) is 0 Å². The molecular weight excluding hydrogens is 1090 g/mol. The zero-order chi connectivity index (χ0) is 60.5. The SMILES string of the molecule is C(=Cc1c(C=Cc2ccc(-c3ccccn3)cc2)c(/C=C\c2ccc(-c3ccccn3)cc2)c(/C=C\c2ccc(-c3ccccn3)cc2)c(/C=C\c2ccc(-c3ccccn3)cc2)c1C=Cc1ccc(-c2ccccn2)cc1)c1ccc(-c2ccccn2)cc1. The Morgan fingerprint density at radius 1 is 0.144 bits per heavy atom. The number of rotatable bonds is 18. The highest BCUT2D eigenvalue weighted by Gasteiger charge is 2.19. The Morgan fingerprint density at radius 2 is 0.289 bits per heavy atom. The summed E-state index contributed by atoms with van der Waals surface area (Å²) in [5.74, 6) is 0. The van der Waals surface area contributed by atoms with Crippen LogP contribution < -0.4 is 0 Å². The van der Waals surface area contributed by atoms with Crippen molar-refractivity contribution in [3.8, 4) is 67.5 Å². The fraction of sp³-hybridized carbons (Fsp3) is 0. The van der Waals surface area contributed by atoms with Gasteiger partial charge in [-0.2, -0.15) is 0 Å².